The van der Waals surface area contributed by atoms with Gasteiger partial charge in [0.2, 0.25) is 21.8 Å². The van der Waals surface area contributed by atoms with Crippen molar-refractivity contribution in [1.82, 2.24) is 14.5 Å². The molecule has 3 heterocycles. The van der Waals surface area contributed by atoms with Crippen molar-refractivity contribution in [3.8, 4) is 0 Å². The number of Topliss-reactive ketones (excluding diaryl/α,β-unsaturated/α-hetero) is 2. The molecule has 1 N–H and O–H groups in total. The number of fused-ring (bicyclic) bond motifs is 3. The fourth-order valence-corrected chi connectivity index (χ4v) is 8.87. The lowest BCUT2D eigenvalue weighted by Crippen LogP contribution is -2.49. The van der Waals surface area contributed by atoms with Crippen LogP contribution in [0.5, 0.6) is 0 Å². The molecule has 3 aliphatic heterocycles. The molecule has 12 nitrogen and oxygen atoms in total. The maximum Gasteiger partial charge on any atom is 0.410 e. The number of allylic oxidation sites excluding steroid dienone is 1. The molecule has 1 aromatic rings. The average molecular weight is 710 g/mol. The molecule has 13 heteroatoms. The van der Waals surface area contributed by atoms with Crippen LogP contribution in [0.4, 0.5) is 4.79 Å². The number of sulfonamides is 1. The summed E-state index contributed by atoms with van der Waals surface area (Å²) >= 11 is 0. The Hall–Kier alpha value is -3.84. The first-order valence-corrected chi connectivity index (χ1v) is 19.0. The highest BCUT2D eigenvalue weighted by molar-refractivity contribution is 7.90. The second-order valence-electron chi connectivity index (χ2n) is 15.6. The van der Waals surface area contributed by atoms with Crippen LogP contribution >= 0.6 is 0 Å². The highest BCUT2D eigenvalue weighted by Gasteiger charge is 2.61. The number of benzene rings is 1. The largest absolute Gasteiger partial charge is 0.444 e. The van der Waals surface area contributed by atoms with Crippen LogP contribution in [-0.4, -0.2) is 84.3 Å². The molecule has 1 aromatic carbocycles. The molecule has 2 aliphatic carbocycles. The number of ketones is 2. The molecule has 0 radical (unpaired) electrons. The SMILES string of the molecule is C=C[C@@H]1C[C@]1(CC(=O)[C@@H]1C[C@@H]2CN1C(=O)[C@H](C(C)(C)C)CC(=O)[C@H](C)OC/C=C/c1cccc3c1CN(C3)C(=O)O2)C(=O)NS(=O)(=O)C1CC1. The summed E-state index contributed by atoms with van der Waals surface area (Å²) in [6.07, 6.45) is 3.87. The van der Waals surface area contributed by atoms with E-state index in [1.54, 1.807) is 17.9 Å². The standard InChI is InChI=1S/C37H47N3O9S/c1-6-25-17-37(25,34(44)38-50(46,47)27-12-13-27)18-32(42)30-15-26-20-40(30)33(43)29(36(3,4)5)16-31(41)22(2)48-14-8-11-23-9-7-10-24-19-39(21-28(23)24)35(45)49-26/h6-11,22,25-27,29-30H,1,12-21H2,2-5H3,(H,38,44)/b11-8+/t22-,25+,26+,29+,30-,37+/m0/s1. The molecule has 270 valence electrons. The van der Waals surface area contributed by atoms with Crippen LogP contribution in [0.25, 0.3) is 6.08 Å². The van der Waals surface area contributed by atoms with Crippen LogP contribution in [0.15, 0.2) is 36.9 Å². The lowest BCUT2D eigenvalue weighted by atomic mass is 9.76. The van der Waals surface area contributed by atoms with Gasteiger partial charge >= 0.3 is 6.09 Å². The second kappa shape index (κ2) is 13.4. The van der Waals surface area contributed by atoms with Gasteiger partial charge in [0, 0.05) is 31.7 Å². The average Bonchev–Trinajstić information content (AvgIpc) is 3.94. The molecular formula is C37H47N3O9S. The minimum absolute atomic E-state index is 0.00619. The molecule has 0 spiro atoms. The number of rotatable bonds is 7. The molecule has 2 saturated carbocycles. The van der Waals surface area contributed by atoms with Crippen molar-refractivity contribution in [2.75, 3.05) is 13.2 Å². The molecule has 1 saturated heterocycles. The van der Waals surface area contributed by atoms with Gasteiger partial charge in [-0.3, -0.25) is 28.8 Å². The van der Waals surface area contributed by atoms with Crippen LogP contribution in [0.1, 0.15) is 82.9 Å². The zero-order valence-electron chi connectivity index (χ0n) is 29.2. The Morgan fingerprint density at radius 2 is 1.88 bits per heavy atom. The van der Waals surface area contributed by atoms with Crippen molar-refractivity contribution < 1.29 is 41.9 Å². The van der Waals surface area contributed by atoms with Crippen LogP contribution in [0.3, 0.4) is 0 Å². The summed E-state index contributed by atoms with van der Waals surface area (Å²) in [5.41, 5.74) is 0.885. The molecule has 3 amide bonds. The molecular weight excluding hydrogens is 662 g/mol. The third-order valence-corrected chi connectivity index (χ3v) is 12.8. The summed E-state index contributed by atoms with van der Waals surface area (Å²) in [5, 5.41) is -0.617. The summed E-state index contributed by atoms with van der Waals surface area (Å²) in [5.74, 6) is -3.11. The summed E-state index contributed by atoms with van der Waals surface area (Å²) in [6, 6.07) is 4.76. The van der Waals surface area contributed by atoms with Gasteiger partial charge in [0.1, 0.15) is 12.2 Å². The summed E-state index contributed by atoms with van der Waals surface area (Å²) in [6.45, 7) is 11.8. The van der Waals surface area contributed by atoms with Gasteiger partial charge in [-0.2, -0.15) is 0 Å². The highest BCUT2D eigenvalue weighted by Crippen LogP contribution is 2.57. The smallest absolute Gasteiger partial charge is 0.410 e. The minimum atomic E-state index is -3.86. The third kappa shape index (κ3) is 7.16. The third-order valence-electron chi connectivity index (χ3n) is 11.0. The van der Waals surface area contributed by atoms with Crippen molar-refractivity contribution in [1.29, 1.82) is 0 Å². The Bertz CT molecular complexity index is 1740. The number of hydrogen-bond donors (Lipinski definition) is 1. The van der Waals surface area contributed by atoms with Gasteiger partial charge in [-0.25, -0.2) is 13.2 Å². The molecule has 6 rings (SSSR count). The van der Waals surface area contributed by atoms with Crippen molar-refractivity contribution in [3.05, 3.63) is 53.6 Å². The van der Waals surface area contributed by atoms with Crippen LogP contribution in [-0.2, 0) is 51.8 Å². The fraction of sp³-hybridized carbons (Fsp3) is 0.595. The van der Waals surface area contributed by atoms with E-state index in [0.29, 0.717) is 25.9 Å². The lowest BCUT2D eigenvalue weighted by molar-refractivity contribution is -0.147. The van der Waals surface area contributed by atoms with E-state index < -0.39 is 79.9 Å². The lowest BCUT2D eigenvalue weighted by Gasteiger charge is -2.35. The first kappa shape index (κ1) is 36.0. The fourth-order valence-electron chi connectivity index (χ4n) is 7.49. The number of carbonyl (C=O) groups excluding carboxylic acids is 5. The van der Waals surface area contributed by atoms with E-state index in [2.05, 4.69) is 11.3 Å². The Balaban J connectivity index is 1.29. The van der Waals surface area contributed by atoms with E-state index in [1.807, 2.05) is 51.1 Å². The molecule has 0 unspecified atom stereocenters. The molecule has 0 aromatic heterocycles. The Kier molecular flexibility index (Phi) is 9.62. The number of amides is 3. The minimum Gasteiger partial charge on any atom is -0.444 e. The number of nitrogens with one attached hydrogen (secondary N) is 1. The van der Waals surface area contributed by atoms with E-state index in [-0.39, 0.29) is 44.6 Å². The predicted molar refractivity (Wildman–Crippen MR) is 184 cm³/mol. The number of hydrogen-bond acceptors (Lipinski definition) is 9. The van der Waals surface area contributed by atoms with E-state index in [9.17, 15) is 32.4 Å². The van der Waals surface area contributed by atoms with Crippen LogP contribution < -0.4 is 4.72 Å². The van der Waals surface area contributed by atoms with E-state index >= 15 is 0 Å². The predicted octanol–water partition coefficient (Wildman–Crippen LogP) is 3.92. The number of ether oxygens (including phenoxy) is 2. The van der Waals surface area contributed by atoms with Gasteiger partial charge in [-0.05, 0) is 54.2 Å². The second-order valence-corrected chi connectivity index (χ2v) is 17.5. The van der Waals surface area contributed by atoms with Gasteiger partial charge < -0.3 is 14.4 Å². The zero-order valence-corrected chi connectivity index (χ0v) is 30.0. The topological polar surface area (TPSA) is 156 Å². The summed E-state index contributed by atoms with van der Waals surface area (Å²) in [4.78, 5) is 72.2. The monoisotopic (exact) mass is 709 g/mol. The van der Waals surface area contributed by atoms with Crippen molar-refractivity contribution in [2.45, 2.75) is 103 Å². The maximum atomic E-state index is 14.5. The normalized spacial score (nSPS) is 31.0. The van der Waals surface area contributed by atoms with E-state index in [1.165, 1.54) is 4.90 Å². The molecule has 3 fully saturated rings. The van der Waals surface area contributed by atoms with Gasteiger partial charge in [0.15, 0.2) is 11.6 Å². The van der Waals surface area contributed by atoms with Gasteiger partial charge in [0.25, 0.3) is 0 Å². The van der Waals surface area contributed by atoms with Crippen LogP contribution in [0.2, 0.25) is 0 Å². The molecule has 5 aliphatic rings. The number of carbonyl (C=O) groups is 5. The number of nitrogens with zero attached hydrogens (tertiary/aromatic N) is 2. The Morgan fingerprint density at radius 1 is 1.14 bits per heavy atom. The zero-order chi connectivity index (χ0) is 36.2. The highest BCUT2D eigenvalue weighted by atomic mass is 32.2. The Morgan fingerprint density at radius 3 is 2.54 bits per heavy atom. The first-order valence-electron chi connectivity index (χ1n) is 17.4. The van der Waals surface area contributed by atoms with E-state index in [0.717, 1.165) is 16.7 Å². The molecule has 50 heavy (non-hydrogen) atoms. The van der Waals surface area contributed by atoms with Crippen molar-refractivity contribution in [3.63, 3.8) is 0 Å². The summed E-state index contributed by atoms with van der Waals surface area (Å²) < 4.78 is 39.4. The van der Waals surface area contributed by atoms with E-state index in [4.69, 9.17) is 9.47 Å². The maximum absolute atomic E-state index is 14.5. The quantitative estimate of drug-likeness (QED) is 0.415. The van der Waals surface area contributed by atoms with Crippen LogP contribution in [0, 0.1) is 22.7 Å². The van der Waals surface area contributed by atoms with Crippen molar-refractivity contribution >= 4 is 45.6 Å². The molecule has 6 atom stereocenters. The summed E-state index contributed by atoms with van der Waals surface area (Å²) in [7, 11) is -3.86. The van der Waals surface area contributed by atoms with Gasteiger partial charge in [-0.15, -0.1) is 6.58 Å². The van der Waals surface area contributed by atoms with Crippen molar-refractivity contribution in [2.24, 2.45) is 22.7 Å². The van der Waals surface area contributed by atoms with Gasteiger partial charge in [0.05, 0.1) is 36.4 Å². The molecule has 4 bridgehead atoms. The van der Waals surface area contributed by atoms with Gasteiger partial charge in [-0.1, -0.05) is 57.2 Å². The Labute approximate surface area is 293 Å². The first-order chi connectivity index (χ1) is 23.5.